The second kappa shape index (κ2) is 8.66. The number of fused-ring (bicyclic) bond motifs is 1. The van der Waals surface area contributed by atoms with Crippen LogP contribution < -0.4 is 15.6 Å². The molecule has 31 heavy (non-hydrogen) atoms. The number of ether oxygens (including phenoxy) is 1. The van der Waals surface area contributed by atoms with Crippen LogP contribution in [-0.4, -0.2) is 22.0 Å². The maximum atomic E-state index is 12.5. The number of hydrazine groups is 1. The molecule has 2 amide bonds. The highest BCUT2D eigenvalue weighted by atomic mass is 16.5. The van der Waals surface area contributed by atoms with Gasteiger partial charge in [0.15, 0.2) is 0 Å². The summed E-state index contributed by atoms with van der Waals surface area (Å²) < 4.78 is 10.9. The van der Waals surface area contributed by atoms with Gasteiger partial charge in [-0.2, -0.15) is 0 Å². The molecule has 2 N–H and O–H groups in total. The largest absolute Gasteiger partial charge is 0.489 e. The molecule has 8 heteroatoms. The van der Waals surface area contributed by atoms with Crippen LogP contribution in [-0.2, 0) is 6.61 Å². The van der Waals surface area contributed by atoms with Gasteiger partial charge in [-0.3, -0.25) is 20.4 Å². The van der Waals surface area contributed by atoms with Crippen molar-refractivity contribution in [2.24, 2.45) is 0 Å². The summed E-state index contributed by atoms with van der Waals surface area (Å²) in [6.45, 7) is 3.93. The fourth-order valence-electron chi connectivity index (χ4n) is 3.03. The van der Waals surface area contributed by atoms with E-state index in [1.807, 2.05) is 38.1 Å². The molecule has 0 bridgehead atoms. The average molecular weight is 416 g/mol. The first kappa shape index (κ1) is 20.1. The standard InChI is InChI=1S/C23H20N4O4/c1-14-19(15(2)31-27-14)13-30-18-8-5-7-17(12-18)22(28)25-26-23(29)21-11-10-16-6-3-4-9-20(16)24-21/h3-12H,13H2,1-2H3,(H,25,28)(H,26,29). The van der Waals surface area contributed by atoms with Crippen molar-refractivity contribution in [1.29, 1.82) is 0 Å². The second-order valence-corrected chi connectivity index (χ2v) is 6.92. The quantitative estimate of drug-likeness (QED) is 0.483. The number of aryl methyl sites for hydroxylation is 2. The fraction of sp³-hybridized carbons (Fsp3) is 0.130. The zero-order valence-electron chi connectivity index (χ0n) is 17.0. The van der Waals surface area contributed by atoms with Crippen LogP contribution >= 0.6 is 0 Å². The van der Waals surface area contributed by atoms with Gasteiger partial charge in [-0.15, -0.1) is 0 Å². The molecule has 4 rings (SSSR count). The lowest BCUT2D eigenvalue weighted by Gasteiger charge is -2.10. The number of para-hydroxylation sites is 1. The van der Waals surface area contributed by atoms with Gasteiger partial charge in [-0.05, 0) is 44.2 Å². The Labute approximate surface area is 178 Å². The number of hydrogen-bond donors (Lipinski definition) is 2. The maximum Gasteiger partial charge on any atom is 0.288 e. The number of carbonyl (C=O) groups is 2. The molecule has 156 valence electrons. The van der Waals surface area contributed by atoms with Crippen molar-refractivity contribution in [3.63, 3.8) is 0 Å². The number of carbonyl (C=O) groups excluding carboxylic acids is 2. The van der Waals surface area contributed by atoms with E-state index < -0.39 is 11.8 Å². The van der Waals surface area contributed by atoms with Gasteiger partial charge in [0.1, 0.15) is 23.8 Å². The highest BCUT2D eigenvalue weighted by Gasteiger charge is 2.13. The Bertz CT molecular complexity index is 1250. The van der Waals surface area contributed by atoms with Crippen LogP contribution in [0.3, 0.4) is 0 Å². The van der Waals surface area contributed by atoms with E-state index in [0.29, 0.717) is 22.6 Å². The molecule has 0 aliphatic rings. The molecule has 4 aromatic rings. The molecule has 0 unspecified atom stereocenters. The molecule has 0 fully saturated rings. The van der Waals surface area contributed by atoms with E-state index in [9.17, 15) is 9.59 Å². The SMILES string of the molecule is Cc1noc(C)c1COc1cccc(C(=O)NNC(=O)c2ccc3ccccc3n2)c1. The van der Waals surface area contributed by atoms with Crippen molar-refractivity contribution >= 4 is 22.7 Å². The molecule has 0 aliphatic carbocycles. The highest BCUT2D eigenvalue weighted by molar-refractivity contribution is 5.99. The predicted octanol–water partition coefficient (Wildman–Crippen LogP) is 3.49. The Morgan fingerprint density at radius 2 is 1.77 bits per heavy atom. The number of hydrogen-bond acceptors (Lipinski definition) is 6. The molecule has 2 heterocycles. The Kier molecular flexibility index (Phi) is 5.61. The van der Waals surface area contributed by atoms with Crippen LogP contribution in [0.25, 0.3) is 10.9 Å². The molecule has 0 saturated heterocycles. The van der Waals surface area contributed by atoms with E-state index in [4.69, 9.17) is 9.26 Å². The van der Waals surface area contributed by atoms with Gasteiger partial charge in [0.25, 0.3) is 11.8 Å². The summed E-state index contributed by atoms with van der Waals surface area (Å²) in [5.41, 5.74) is 7.65. The Balaban J connectivity index is 1.38. The van der Waals surface area contributed by atoms with E-state index in [2.05, 4.69) is 21.0 Å². The normalized spacial score (nSPS) is 10.6. The second-order valence-electron chi connectivity index (χ2n) is 6.92. The van der Waals surface area contributed by atoms with E-state index in [1.165, 1.54) is 0 Å². The molecule has 2 aromatic heterocycles. The van der Waals surface area contributed by atoms with Gasteiger partial charge < -0.3 is 9.26 Å². The van der Waals surface area contributed by atoms with Crippen LogP contribution in [0.4, 0.5) is 0 Å². The first-order valence-corrected chi connectivity index (χ1v) is 9.62. The minimum Gasteiger partial charge on any atom is -0.489 e. The van der Waals surface area contributed by atoms with Gasteiger partial charge in [0.05, 0.1) is 16.8 Å². The van der Waals surface area contributed by atoms with Crippen LogP contribution in [0.5, 0.6) is 5.75 Å². The molecular formula is C23H20N4O4. The van der Waals surface area contributed by atoms with Crippen molar-refractivity contribution in [3.8, 4) is 5.75 Å². The van der Waals surface area contributed by atoms with Crippen LogP contribution in [0, 0.1) is 13.8 Å². The van der Waals surface area contributed by atoms with Crippen LogP contribution in [0.1, 0.15) is 37.9 Å². The van der Waals surface area contributed by atoms with E-state index in [0.717, 1.165) is 16.6 Å². The van der Waals surface area contributed by atoms with E-state index >= 15 is 0 Å². The van der Waals surface area contributed by atoms with Gasteiger partial charge in [-0.1, -0.05) is 35.5 Å². The Morgan fingerprint density at radius 3 is 2.58 bits per heavy atom. The zero-order valence-corrected chi connectivity index (χ0v) is 17.0. The summed E-state index contributed by atoms with van der Waals surface area (Å²) in [6, 6.07) is 17.5. The summed E-state index contributed by atoms with van der Waals surface area (Å²) in [4.78, 5) is 29.1. The lowest BCUT2D eigenvalue weighted by Crippen LogP contribution is -2.41. The number of nitrogens with one attached hydrogen (secondary N) is 2. The zero-order chi connectivity index (χ0) is 21.8. The highest BCUT2D eigenvalue weighted by Crippen LogP contribution is 2.18. The number of amides is 2. The van der Waals surface area contributed by atoms with Crippen LogP contribution in [0.2, 0.25) is 0 Å². The van der Waals surface area contributed by atoms with Crippen molar-refractivity contribution in [1.82, 2.24) is 21.0 Å². The fourth-order valence-corrected chi connectivity index (χ4v) is 3.03. The van der Waals surface area contributed by atoms with Gasteiger partial charge in [0.2, 0.25) is 0 Å². The molecule has 0 radical (unpaired) electrons. The van der Waals surface area contributed by atoms with Crippen LogP contribution in [0.15, 0.2) is 65.2 Å². The van der Waals surface area contributed by atoms with E-state index in [-0.39, 0.29) is 12.3 Å². The number of rotatable bonds is 5. The maximum absolute atomic E-state index is 12.5. The first-order valence-electron chi connectivity index (χ1n) is 9.62. The molecule has 0 atom stereocenters. The molecular weight excluding hydrogens is 396 g/mol. The van der Waals surface area contributed by atoms with Crippen molar-refractivity contribution < 1.29 is 18.8 Å². The topological polar surface area (TPSA) is 106 Å². The number of aromatic nitrogens is 2. The minimum absolute atomic E-state index is 0.204. The summed E-state index contributed by atoms with van der Waals surface area (Å²) in [6.07, 6.45) is 0. The van der Waals surface area contributed by atoms with Crippen molar-refractivity contribution in [3.05, 3.63) is 88.9 Å². The van der Waals surface area contributed by atoms with Gasteiger partial charge >= 0.3 is 0 Å². The lowest BCUT2D eigenvalue weighted by atomic mass is 10.2. The van der Waals surface area contributed by atoms with Crippen molar-refractivity contribution in [2.45, 2.75) is 20.5 Å². The monoisotopic (exact) mass is 416 g/mol. The lowest BCUT2D eigenvalue weighted by molar-refractivity contribution is 0.0844. The minimum atomic E-state index is -0.509. The third-order valence-corrected chi connectivity index (χ3v) is 4.78. The third-order valence-electron chi connectivity index (χ3n) is 4.78. The summed E-state index contributed by atoms with van der Waals surface area (Å²) in [5.74, 6) is 0.216. The number of nitrogens with zero attached hydrogens (tertiary/aromatic N) is 2. The average Bonchev–Trinajstić information content (AvgIpc) is 3.12. The smallest absolute Gasteiger partial charge is 0.288 e. The number of pyridine rings is 1. The third kappa shape index (κ3) is 4.53. The van der Waals surface area contributed by atoms with Gasteiger partial charge in [0, 0.05) is 10.9 Å². The number of benzene rings is 2. The Hall–Kier alpha value is -4.20. The molecule has 2 aromatic carbocycles. The first-order chi connectivity index (χ1) is 15.0. The Morgan fingerprint density at radius 1 is 0.968 bits per heavy atom. The molecule has 8 nitrogen and oxygen atoms in total. The molecule has 0 saturated carbocycles. The van der Waals surface area contributed by atoms with Crippen molar-refractivity contribution in [2.75, 3.05) is 0 Å². The summed E-state index contributed by atoms with van der Waals surface area (Å²) >= 11 is 0. The van der Waals surface area contributed by atoms with Gasteiger partial charge in [-0.25, -0.2) is 4.98 Å². The predicted molar refractivity (Wildman–Crippen MR) is 113 cm³/mol. The summed E-state index contributed by atoms with van der Waals surface area (Å²) in [7, 11) is 0. The van der Waals surface area contributed by atoms with E-state index in [1.54, 1.807) is 36.4 Å². The summed E-state index contributed by atoms with van der Waals surface area (Å²) in [5, 5.41) is 4.82. The molecule has 0 aliphatic heterocycles. The molecule has 0 spiro atoms.